The maximum absolute atomic E-state index is 13.6. The van der Waals surface area contributed by atoms with E-state index in [-0.39, 0.29) is 23.7 Å². The number of nitrogens with zero attached hydrogens (tertiary/aromatic N) is 4. The maximum Gasteiger partial charge on any atom is 0.449 e. The van der Waals surface area contributed by atoms with Crippen LogP contribution >= 0.6 is 0 Å². The molecular formula is C21H21F3N4O2. The molecule has 1 saturated heterocycles. The van der Waals surface area contributed by atoms with Crippen LogP contribution in [0.2, 0.25) is 0 Å². The number of carbonyl (C=O) groups is 1. The van der Waals surface area contributed by atoms with Gasteiger partial charge in [0.1, 0.15) is 6.54 Å². The van der Waals surface area contributed by atoms with Gasteiger partial charge in [0.15, 0.2) is 0 Å². The fourth-order valence-electron chi connectivity index (χ4n) is 3.69. The lowest BCUT2D eigenvalue weighted by molar-refractivity contribution is -0.148. The summed E-state index contributed by atoms with van der Waals surface area (Å²) < 4.78 is 47.3. The lowest BCUT2D eigenvalue weighted by Gasteiger charge is -2.26. The third-order valence-electron chi connectivity index (χ3n) is 5.10. The fourth-order valence-corrected chi connectivity index (χ4v) is 3.69. The van der Waals surface area contributed by atoms with Gasteiger partial charge in [-0.2, -0.15) is 13.2 Å². The number of ether oxygens (including phenoxy) is 1. The molecule has 2 aromatic heterocycles. The van der Waals surface area contributed by atoms with Crippen LogP contribution in [0.25, 0.3) is 11.0 Å². The molecule has 6 nitrogen and oxygen atoms in total. The van der Waals surface area contributed by atoms with E-state index in [1.54, 1.807) is 35.5 Å². The number of alkyl halides is 3. The molecule has 1 aliphatic heterocycles. The van der Waals surface area contributed by atoms with E-state index in [4.69, 9.17) is 4.74 Å². The number of hydrogen-bond acceptors (Lipinski definition) is 4. The Morgan fingerprint density at radius 1 is 1.23 bits per heavy atom. The Bertz CT molecular complexity index is 1010. The molecule has 158 valence electrons. The minimum atomic E-state index is -4.66. The minimum absolute atomic E-state index is 0.118. The summed E-state index contributed by atoms with van der Waals surface area (Å²) in [6.45, 7) is 0.745. The lowest BCUT2D eigenvalue weighted by Crippen LogP contribution is -2.39. The highest BCUT2D eigenvalue weighted by Gasteiger charge is 2.38. The standard InChI is InChI=1S/C21H21F3N4O2/c22-21(23,24)20-26-17-7-1-2-8-18(17)28(20)14-19(29)27(13-16-6-4-10-30-16)12-15-5-3-9-25-11-15/h1-3,5,7-9,11,16H,4,6,10,12-14H2. The number of rotatable bonds is 6. The Morgan fingerprint density at radius 2 is 2.07 bits per heavy atom. The van der Waals surface area contributed by atoms with Crippen LogP contribution in [-0.2, 0) is 28.8 Å². The van der Waals surface area contributed by atoms with Gasteiger partial charge in [0.2, 0.25) is 11.7 Å². The summed E-state index contributed by atoms with van der Waals surface area (Å²) >= 11 is 0. The maximum atomic E-state index is 13.6. The van der Waals surface area contributed by atoms with Gasteiger partial charge in [0.25, 0.3) is 0 Å². The van der Waals surface area contributed by atoms with Crippen LogP contribution in [0, 0.1) is 0 Å². The van der Waals surface area contributed by atoms with Crippen molar-refractivity contribution in [1.82, 2.24) is 19.4 Å². The number of carbonyl (C=O) groups excluding carboxylic acids is 1. The second-order valence-electron chi connectivity index (χ2n) is 7.28. The van der Waals surface area contributed by atoms with E-state index >= 15 is 0 Å². The van der Waals surface area contributed by atoms with Crippen LogP contribution in [0.15, 0.2) is 48.8 Å². The molecule has 30 heavy (non-hydrogen) atoms. The average molecular weight is 418 g/mol. The smallest absolute Gasteiger partial charge is 0.376 e. The number of para-hydroxylation sites is 2. The first-order chi connectivity index (χ1) is 14.4. The van der Waals surface area contributed by atoms with Crippen molar-refractivity contribution >= 4 is 16.9 Å². The zero-order valence-corrected chi connectivity index (χ0v) is 16.2. The van der Waals surface area contributed by atoms with Crippen LogP contribution in [-0.4, -0.2) is 44.6 Å². The van der Waals surface area contributed by atoms with E-state index in [0.717, 1.165) is 23.0 Å². The fraction of sp³-hybridized carbons (Fsp3) is 0.381. The molecule has 9 heteroatoms. The molecule has 0 aliphatic carbocycles. The number of halogens is 3. The van der Waals surface area contributed by atoms with Gasteiger partial charge >= 0.3 is 6.18 Å². The zero-order valence-electron chi connectivity index (χ0n) is 16.2. The van der Waals surface area contributed by atoms with E-state index in [0.29, 0.717) is 13.2 Å². The predicted octanol–water partition coefficient (Wildman–Crippen LogP) is 3.66. The highest BCUT2D eigenvalue weighted by Crippen LogP contribution is 2.31. The molecule has 1 fully saturated rings. The number of amides is 1. The Kier molecular flexibility index (Phi) is 5.72. The molecule has 3 heterocycles. The van der Waals surface area contributed by atoms with Gasteiger partial charge in [-0.05, 0) is 36.6 Å². The van der Waals surface area contributed by atoms with Gasteiger partial charge in [0, 0.05) is 32.1 Å². The summed E-state index contributed by atoms with van der Waals surface area (Å²) in [5.41, 5.74) is 1.28. The first kappa shape index (κ1) is 20.3. The second-order valence-corrected chi connectivity index (χ2v) is 7.28. The SMILES string of the molecule is O=C(Cn1c(C(F)(F)F)nc2ccccc21)N(Cc1cccnc1)CC1CCCO1. The molecule has 4 rings (SSSR count). The molecule has 0 spiro atoms. The molecule has 1 atom stereocenters. The Hall–Kier alpha value is -2.94. The molecule has 1 amide bonds. The van der Waals surface area contributed by atoms with Crippen molar-refractivity contribution in [3.05, 3.63) is 60.2 Å². The van der Waals surface area contributed by atoms with E-state index in [1.807, 2.05) is 6.07 Å². The number of benzene rings is 1. The molecule has 0 saturated carbocycles. The average Bonchev–Trinajstić information content (AvgIpc) is 3.36. The van der Waals surface area contributed by atoms with E-state index in [1.165, 1.54) is 12.1 Å². The summed E-state index contributed by atoms with van der Waals surface area (Å²) in [5.74, 6) is -1.50. The molecular weight excluding hydrogens is 397 g/mol. The van der Waals surface area contributed by atoms with Gasteiger partial charge in [0.05, 0.1) is 17.1 Å². The van der Waals surface area contributed by atoms with Crippen molar-refractivity contribution in [2.24, 2.45) is 0 Å². The third-order valence-corrected chi connectivity index (χ3v) is 5.10. The van der Waals surface area contributed by atoms with Gasteiger partial charge in [-0.15, -0.1) is 0 Å². The molecule has 3 aromatic rings. The number of pyridine rings is 1. The quantitative estimate of drug-likeness (QED) is 0.613. The Labute approximate surface area is 171 Å². The molecule has 1 aliphatic rings. The normalized spacial score (nSPS) is 16.8. The first-order valence-electron chi connectivity index (χ1n) is 9.72. The van der Waals surface area contributed by atoms with Crippen LogP contribution in [0.3, 0.4) is 0 Å². The monoisotopic (exact) mass is 418 g/mol. The topological polar surface area (TPSA) is 60.2 Å². The zero-order chi connectivity index (χ0) is 21.1. The van der Waals surface area contributed by atoms with Crippen LogP contribution in [0.5, 0.6) is 0 Å². The van der Waals surface area contributed by atoms with Crippen LogP contribution in [0.4, 0.5) is 13.2 Å². The van der Waals surface area contributed by atoms with Crippen LogP contribution < -0.4 is 0 Å². The summed E-state index contributed by atoms with van der Waals surface area (Å²) in [5, 5.41) is 0. The number of fused-ring (bicyclic) bond motifs is 1. The summed E-state index contributed by atoms with van der Waals surface area (Å²) in [4.78, 5) is 22.5. The number of hydrogen-bond donors (Lipinski definition) is 0. The highest BCUT2D eigenvalue weighted by atomic mass is 19.4. The van der Waals surface area contributed by atoms with Crippen LogP contribution in [0.1, 0.15) is 24.2 Å². The summed E-state index contributed by atoms with van der Waals surface area (Å²) in [6, 6.07) is 9.88. The van der Waals surface area contributed by atoms with Crippen molar-refractivity contribution in [3.8, 4) is 0 Å². The van der Waals surface area contributed by atoms with Gasteiger partial charge in [-0.1, -0.05) is 18.2 Å². The third kappa shape index (κ3) is 4.46. The Morgan fingerprint density at radius 3 is 2.77 bits per heavy atom. The largest absolute Gasteiger partial charge is 0.449 e. The second kappa shape index (κ2) is 8.43. The summed E-state index contributed by atoms with van der Waals surface area (Å²) in [7, 11) is 0. The van der Waals surface area contributed by atoms with Crippen molar-refractivity contribution in [3.63, 3.8) is 0 Å². The predicted molar refractivity (Wildman–Crippen MR) is 103 cm³/mol. The minimum Gasteiger partial charge on any atom is -0.376 e. The van der Waals surface area contributed by atoms with Crippen molar-refractivity contribution < 1.29 is 22.7 Å². The van der Waals surface area contributed by atoms with Gasteiger partial charge in [-0.3, -0.25) is 9.78 Å². The Balaban J connectivity index is 1.63. The number of aromatic nitrogens is 3. The molecule has 1 unspecified atom stereocenters. The lowest BCUT2D eigenvalue weighted by atomic mass is 10.2. The molecule has 0 radical (unpaired) electrons. The van der Waals surface area contributed by atoms with E-state index in [9.17, 15) is 18.0 Å². The molecule has 0 N–H and O–H groups in total. The van der Waals surface area contributed by atoms with E-state index in [2.05, 4.69) is 9.97 Å². The van der Waals surface area contributed by atoms with E-state index < -0.39 is 24.5 Å². The number of imidazole rings is 1. The molecule has 0 bridgehead atoms. The summed E-state index contributed by atoms with van der Waals surface area (Å²) in [6.07, 6.45) is 0.212. The molecule has 1 aromatic carbocycles. The highest BCUT2D eigenvalue weighted by molar-refractivity contribution is 5.81. The van der Waals surface area contributed by atoms with Crippen molar-refractivity contribution in [2.45, 2.75) is 38.2 Å². The van der Waals surface area contributed by atoms with Gasteiger partial charge < -0.3 is 14.2 Å². The van der Waals surface area contributed by atoms with Crippen molar-refractivity contribution in [1.29, 1.82) is 0 Å². The van der Waals surface area contributed by atoms with Gasteiger partial charge in [-0.25, -0.2) is 4.98 Å². The first-order valence-corrected chi connectivity index (χ1v) is 9.72. The van der Waals surface area contributed by atoms with Crippen molar-refractivity contribution in [2.75, 3.05) is 13.2 Å².